The van der Waals surface area contributed by atoms with Crippen molar-refractivity contribution in [1.82, 2.24) is 5.09 Å². The summed E-state index contributed by atoms with van der Waals surface area (Å²) in [6.45, 7) is 6.54. The van der Waals surface area contributed by atoms with E-state index < -0.39 is 8.53 Å². The van der Waals surface area contributed by atoms with Crippen molar-refractivity contribution < 1.29 is 9.05 Å². The van der Waals surface area contributed by atoms with Crippen LogP contribution in [0.5, 0.6) is 5.75 Å². The van der Waals surface area contributed by atoms with Gasteiger partial charge in [0.25, 0.3) is 0 Å². The second-order valence-electron chi connectivity index (χ2n) is 9.70. The van der Waals surface area contributed by atoms with E-state index in [9.17, 15) is 0 Å². The van der Waals surface area contributed by atoms with Crippen LogP contribution in [-0.4, -0.2) is 6.04 Å². The molecule has 0 fully saturated rings. The number of fused-ring (bicyclic) bond motifs is 4. The van der Waals surface area contributed by atoms with Crippen molar-refractivity contribution in [1.29, 1.82) is 0 Å². The summed E-state index contributed by atoms with van der Waals surface area (Å²) in [4.78, 5) is 0. The average molecular weight is 510 g/mol. The zero-order chi connectivity index (χ0) is 26.0. The van der Waals surface area contributed by atoms with Gasteiger partial charge in [0, 0.05) is 17.5 Å². The van der Waals surface area contributed by atoms with Crippen LogP contribution in [0.4, 0.5) is 0 Å². The lowest BCUT2D eigenvalue weighted by Crippen LogP contribution is -2.23. The van der Waals surface area contributed by atoms with Gasteiger partial charge in [0.2, 0.25) is 0 Å². The van der Waals surface area contributed by atoms with Crippen LogP contribution in [0.3, 0.4) is 0 Å². The normalized spacial score (nSPS) is 24.0. The Morgan fingerprint density at radius 3 is 2.95 bits per heavy atom. The third-order valence-corrected chi connectivity index (χ3v) is 8.04. The molecular formula is C33H36NO2P. The lowest BCUT2D eigenvalue weighted by Gasteiger charge is -2.25. The Bertz CT molecular complexity index is 1320. The van der Waals surface area contributed by atoms with Gasteiger partial charge in [0.15, 0.2) is 0 Å². The van der Waals surface area contributed by atoms with Crippen molar-refractivity contribution in [2.45, 2.75) is 52.5 Å². The van der Waals surface area contributed by atoms with Gasteiger partial charge >= 0.3 is 8.53 Å². The molecule has 0 spiro atoms. The molecule has 4 rings (SSSR count). The molecule has 0 amide bonds. The van der Waals surface area contributed by atoms with E-state index in [2.05, 4.69) is 105 Å². The molecule has 1 aliphatic heterocycles. The predicted octanol–water partition coefficient (Wildman–Crippen LogP) is 8.87. The molecule has 0 aromatic heterocycles. The first-order valence-electron chi connectivity index (χ1n) is 12.9. The van der Waals surface area contributed by atoms with E-state index in [0.717, 1.165) is 31.4 Å². The first kappa shape index (κ1) is 26.7. The average Bonchev–Trinajstić information content (AvgIpc) is 3.13. The van der Waals surface area contributed by atoms with E-state index in [0.29, 0.717) is 5.92 Å². The summed E-state index contributed by atoms with van der Waals surface area (Å²) in [7, 11) is -1.39. The molecule has 1 aliphatic carbocycles. The standard InChI is InChI=1S/C33H36NO2P/c1-5-6-8-14-25(2)23-27(4)34-37-35-22-13-17-28-15-9-7-10-18-30(28)26(3)24-32-31-19-12-11-16-29(31)20-21-33(32)36-37/h1,6-16,19-22,27-28,34H,17-18,23-24H2,2-4H3/b8-6-,22-13+,25-14+,30-26+/t27-,28?,37?/m0/s1. The van der Waals surface area contributed by atoms with Gasteiger partial charge in [-0.3, -0.25) is 0 Å². The third-order valence-electron chi connectivity index (χ3n) is 6.71. The molecule has 3 nitrogen and oxygen atoms in total. The van der Waals surface area contributed by atoms with E-state index in [1.165, 1.54) is 33.1 Å². The van der Waals surface area contributed by atoms with E-state index in [1.807, 2.05) is 12.3 Å². The van der Waals surface area contributed by atoms with Crippen LogP contribution < -0.4 is 9.61 Å². The fourth-order valence-corrected chi connectivity index (χ4v) is 6.08. The zero-order valence-corrected chi connectivity index (χ0v) is 22.9. The van der Waals surface area contributed by atoms with E-state index in [-0.39, 0.29) is 6.04 Å². The third kappa shape index (κ3) is 7.36. The second-order valence-corrected chi connectivity index (χ2v) is 10.9. The van der Waals surface area contributed by atoms with Gasteiger partial charge in [-0.2, -0.15) is 0 Å². The Balaban J connectivity index is 1.68. The molecule has 2 unspecified atom stereocenters. The van der Waals surface area contributed by atoms with Crippen molar-refractivity contribution in [3.05, 3.63) is 114 Å². The lowest BCUT2D eigenvalue weighted by molar-refractivity contribution is 0.415. The number of hydrogen-bond donors (Lipinski definition) is 1. The Morgan fingerprint density at radius 2 is 2.08 bits per heavy atom. The Kier molecular flexibility index (Phi) is 9.61. The summed E-state index contributed by atoms with van der Waals surface area (Å²) in [5.74, 6) is 3.76. The maximum Gasteiger partial charge on any atom is 0.381 e. The monoisotopic (exact) mass is 509 g/mol. The van der Waals surface area contributed by atoms with Gasteiger partial charge < -0.3 is 9.05 Å². The number of nitrogens with one attached hydrogen (secondary N) is 1. The van der Waals surface area contributed by atoms with Crippen molar-refractivity contribution in [3.8, 4) is 18.1 Å². The maximum atomic E-state index is 6.61. The highest BCUT2D eigenvalue weighted by atomic mass is 31.2. The minimum Gasteiger partial charge on any atom is -0.435 e. The molecule has 0 radical (unpaired) electrons. The van der Waals surface area contributed by atoms with Gasteiger partial charge in [-0.05, 0) is 75.4 Å². The molecule has 1 N–H and O–H groups in total. The van der Waals surface area contributed by atoms with Crippen molar-refractivity contribution in [2.24, 2.45) is 5.92 Å². The molecule has 2 aliphatic rings. The van der Waals surface area contributed by atoms with Crippen molar-refractivity contribution in [3.63, 3.8) is 0 Å². The van der Waals surface area contributed by atoms with Gasteiger partial charge in [-0.1, -0.05) is 89.4 Å². The minimum atomic E-state index is -1.39. The van der Waals surface area contributed by atoms with Gasteiger partial charge in [0.05, 0.1) is 6.26 Å². The van der Waals surface area contributed by atoms with Crippen molar-refractivity contribution >= 4 is 19.3 Å². The largest absolute Gasteiger partial charge is 0.435 e. The Hall–Kier alpha value is -3.31. The highest BCUT2D eigenvalue weighted by Gasteiger charge is 2.22. The topological polar surface area (TPSA) is 30.5 Å². The van der Waals surface area contributed by atoms with Gasteiger partial charge in [-0.15, -0.1) is 6.42 Å². The Morgan fingerprint density at radius 1 is 1.22 bits per heavy atom. The highest BCUT2D eigenvalue weighted by molar-refractivity contribution is 7.45. The number of benzene rings is 2. The lowest BCUT2D eigenvalue weighted by atomic mass is 9.87. The molecule has 0 saturated carbocycles. The van der Waals surface area contributed by atoms with Crippen LogP contribution in [0.25, 0.3) is 10.8 Å². The molecule has 2 aromatic rings. The number of terminal acetylenes is 1. The SMILES string of the molecule is C#C/C=C\C=C(/C)C[C@H](C)NP1O/C=C/CC2C=CC=CC/C2=C(/C)Cc2c(ccc3ccccc23)O1. The van der Waals surface area contributed by atoms with Gasteiger partial charge in [0.1, 0.15) is 5.75 Å². The molecule has 190 valence electrons. The van der Waals surface area contributed by atoms with E-state index in [4.69, 9.17) is 15.5 Å². The molecular weight excluding hydrogens is 473 g/mol. The quantitative estimate of drug-likeness (QED) is 0.189. The number of rotatable bonds is 5. The summed E-state index contributed by atoms with van der Waals surface area (Å²) in [5, 5.41) is 6.04. The molecule has 0 bridgehead atoms. The molecule has 3 atom stereocenters. The van der Waals surface area contributed by atoms with Crippen LogP contribution in [0.2, 0.25) is 0 Å². The second kappa shape index (κ2) is 13.3. The van der Waals surface area contributed by atoms with Crippen LogP contribution in [-0.2, 0) is 10.9 Å². The van der Waals surface area contributed by atoms with Crippen LogP contribution in [0.1, 0.15) is 45.6 Å². The van der Waals surface area contributed by atoms with Crippen LogP contribution >= 0.6 is 8.53 Å². The molecule has 2 aromatic carbocycles. The summed E-state index contributed by atoms with van der Waals surface area (Å²) in [6.07, 6.45) is 27.4. The van der Waals surface area contributed by atoms with E-state index in [1.54, 1.807) is 6.08 Å². The first-order valence-corrected chi connectivity index (χ1v) is 14.1. The summed E-state index contributed by atoms with van der Waals surface area (Å²) >= 11 is 0. The fourth-order valence-electron chi connectivity index (χ4n) is 4.93. The Labute approximate surface area is 223 Å². The summed E-state index contributed by atoms with van der Waals surface area (Å²) in [6, 6.07) is 13.0. The van der Waals surface area contributed by atoms with Crippen LogP contribution in [0, 0.1) is 18.3 Å². The summed E-state index contributed by atoms with van der Waals surface area (Å²) in [5.41, 5.74) is 5.33. The maximum absolute atomic E-state index is 6.61. The molecule has 0 saturated heterocycles. The summed E-state index contributed by atoms with van der Waals surface area (Å²) < 4.78 is 12.8. The number of hydrogen-bond acceptors (Lipinski definition) is 3. The van der Waals surface area contributed by atoms with Crippen molar-refractivity contribution in [2.75, 3.05) is 0 Å². The predicted molar refractivity (Wildman–Crippen MR) is 158 cm³/mol. The highest BCUT2D eigenvalue weighted by Crippen LogP contribution is 2.42. The molecule has 1 heterocycles. The fraction of sp³-hybridized carbons (Fsp3) is 0.273. The smallest absolute Gasteiger partial charge is 0.381 e. The zero-order valence-electron chi connectivity index (χ0n) is 22.0. The molecule has 4 heteroatoms. The van der Waals surface area contributed by atoms with Crippen LogP contribution in [0.15, 0.2) is 108 Å². The first-order chi connectivity index (χ1) is 18.0. The minimum absolute atomic E-state index is 0.163. The van der Waals surface area contributed by atoms with E-state index >= 15 is 0 Å². The number of allylic oxidation sites excluding steroid dienone is 10. The molecule has 37 heavy (non-hydrogen) atoms. The van der Waals surface area contributed by atoms with Gasteiger partial charge in [-0.25, -0.2) is 5.09 Å².